The summed E-state index contributed by atoms with van der Waals surface area (Å²) in [6.07, 6.45) is 4.81. The Hall–Kier alpha value is -4.54. The van der Waals surface area contributed by atoms with Crippen LogP contribution in [0.25, 0.3) is 11.3 Å². The maximum absolute atomic E-state index is 13.3. The number of aromatic nitrogens is 3. The number of pyridine rings is 1. The first-order valence-corrected chi connectivity index (χ1v) is 10.9. The molecule has 0 saturated carbocycles. The van der Waals surface area contributed by atoms with Gasteiger partial charge in [-0.2, -0.15) is 0 Å². The zero-order chi connectivity index (χ0) is 25.1. The van der Waals surface area contributed by atoms with Crippen LogP contribution in [0.4, 0.5) is 10.2 Å². The number of benzene rings is 1. The molecule has 10 nitrogen and oxygen atoms in total. The summed E-state index contributed by atoms with van der Waals surface area (Å²) in [7, 11) is 0. The number of imidazole rings is 1. The van der Waals surface area contributed by atoms with Gasteiger partial charge in [-0.15, -0.1) is 0 Å². The third-order valence-electron chi connectivity index (χ3n) is 5.81. The number of hydrogen-bond acceptors (Lipinski definition) is 6. The Morgan fingerprint density at radius 2 is 1.91 bits per heavy atom. The summed E-state index contributed by atoms with van der Waals surface area (Å²) in [6.45, 7) is 4.08. The molecule has 1 atom stereocenters. The molecule has 0 radical (unpaired) electrons. The molecule has 1 fully saturated rings. The molecule has 0 bridgehead atoms. The van der Waals surface area contributed by atoms with E-state index in [4.69, 9.17) is 11.6 Å². The van der Waals surface area contributed by atoms with E-state index in [-0.39, 0.29) is 28.7 Å². The predicted octanol–water partition coefficient (Wildman–Crippen LogP) is 2.39. The number of rotatable bonds is 6. The molecule has 0 spiro atoms. The van der Waals surface area contributed by atoms with Gasteiger partial charge in [0.15, 0.2) is 11.5 Å². The highest BCUT2D eigenvalue weighted by molar-refractivity contribution is 6.04. The maximum Gasteiger partial charge on any atom is 0.269 e. The first kappa shape index (κ1) is 23.6. The number of primary amides is 1. The van der Waals surface area contributed by atoms with Gasteiger partial charge >= 0.3 is 0 Å². The molecule has 3 heterocycles. The Labute approximate surface area is 200 Å². The summed E-state index contributed by atoms with van der Waals surface area (Å²) in [6, 6.07) is 8.09. The van der Waals surface area contributed by atoms with Crippen molar-refractivity contribution in [2.45, 2.75) is 25.3 Å². The topological polar surface area (TPSA) is 149 Å². The fourth-order valence-corrected chi connectivity index (χ4v) is 4.14. The van der Waals surface area contributed by atoms with Gasteiger partial charge in [-0.05, 0) is 43.5 Å². The monoisotopic (exact) mass is 477 g/mol. The van der Waals surface area contributed by atoms with Crippen LogP contribution in [-0.2, 0) is 4.79 Å². The molecule has 1 saturated heterocycles. The number of carbonyl (C=O) groups is 3. The van der Waals surface area contributed by atoms with Crippen molar-refractivity contribution in [3.05, 3.63) is 78.1 Å². The van der Waals surface area contributed by atoms with Gasteiger partial charge in [0.25, 0.3) is 11.8 Å². The number of nitrogen functional groups attached to an aromatic ring is 1. The zero-order valence-electron chi connectivity index (χ0n) is 18.8. The minimum atomic E-state index is -0.780. The van der Waals surface area contributed by atoms with E-state index < -0.39 is 23.7 Å². The van der Waals surface area contributed by atoms with Crippen LogP contribution in [-0.4, -0.2) is 43.8 Å². The van der Waals surface area contributed by atoms with Gasteiger partial charge in [0.1, 0.15) is 17.3 Å². The smallest absolute Gasteiger partial charge is 0.269 e. The van der Waals surface area contributed by atoms with E-state index >= 15 is 0 Å². The van der Waals surface area contributed by atoms with Crippen molar-refractivity contribution in [3.63, 3.8) is 0 Å². The normalized spacial score (nSPS) is 15.5. The maximum atomic E-state index is 13.3. The lowest BCUT2D eigenvalue weighted by Gasteiger charge is -2.34. The minimum Gasteiger partial charge on any atom is -0.364 e. The number of carbonyl (C=O) groups excluding carboxylic acids is 3. The number of hydrogen-bond donors (Lipinski definition) is 3. The quantitative estimate of drug-likeness (QED) is 0.367. The highest BCUT2D eigenvalue weighted by Gasteiger charge is 2.33. The van der Waals surface area contributed by atoms with Crippen LogP contribution in [0.3, 0.4) is 0 Å². The van der Waals surface area contributed by atoms with E-state index in [0.717, 1.165) is 23.6 Å². The highest BCUT2D eigenvalue weighted by atomic mass is 19.1. The van der Waals surface area contributed by atoms with Gasteiger partial charge < -0.3 is 21.8 Å². The number of piperidine rings is 1. The fraction of sp³-hybridized carbons (Fsp3) is 0.208. The molecule has 3 amide bonds. The highest BCUT2D eigenvalue weighted by Crippen LogP contribution is 2.33. The molecule has 1 aliphatic heterocycles. The Bertz CT molecular complexity index is 1300. The molecule has 1 aliphatic rings. The van der Waals surface area contributed by atoms with E-state index in [0.29, 0.717) is 24.4 Å². The largest absolute Gasteiger partial charge is 0.364 e. The Balaban J connectivity index is 1.65. The van der Waals surface area contributed by atoms with Gasteiger partial charge in [0, 0.05) is 29.9 Å². The number of amides is 3. The zero-order valence-corrected chi connectivity index (χ0v) is 18.8. The standard InChI is InChI=1S/C24H24FN7O3/c1-2-19(33)31-12-4-3-5-17(31)23-30-20(21(22(26)34)32(23)27)14-6-8-15(9-7-14)24(35)29-18-13-16(25)10-11-28-18/h2,6-11,13,17H,1,3-5,12,27H2,(H2,26,34)(H,28,29,35)/t17-/m0/s1. The van der Waals surface area contributed by atoms with Gasteiger partial charge in [0.2, 0.25) is 5.91 Å². The minimum absolute atomic E-state index is 0.0160. The third kappa shape index (κ3) is 4.74. The molecule has 11 heteroatoms. The van der Waals surface area contributed by atoms with E-state index in [1.165, 1.54) is 30.5 Å². The SMILES string of the molecule is C=CC(=O)N1CCCC[C@H]1c1nc(-c2ccc(C(=O)Nc3cc(F)ccn3)cc2)c(C(N)=O)n1N. The molecule has 1 aromatic carbocycles. The average molecular weight is 478 g/mol. The number of nitrogens with two attached hydrogens (primary N) is 2. The van der Waals surface area contributed by atoms with Crippen molar-refractivity contribution in [2.24, 2.45) is 5.73 Å². The number of nitrogens with zero attached hydrogens (tertiary/aromatic N) is 4. The second-order valence-electron chi connectivity index (χ2n) is 8.04. The summed E-state index contributed by atoms with van der Waals surface area (Å²) in [5, 5.41) is 2.52. The van der Waals surface area contributed by atoms with E-state index in [2.05, 4.69) is 21.9 Å². The predicted molar refractivity (Wildman–Crippen MR) is 127 cm³/mol. The van der Waals surface area contributed by atoms with E-state index in [9.17, 15) is 18.8 Å². The van der Waals surface area contributed by atoms with Crippen molar-refractivity contribution in [1.29, 1.82) is 0 Å². The van der Waals surface area contributed by atoms with Gasteiger partial charge in [-0.1, -0.05) is 18.7 Å². The lowest BCUT2D eigenvalue weighted by Crippen LogP contribution is -2.39. The van der Waals surface area contributed by atoms with Crippen LogP contribution in [0.5, 0.6) is 0 Å². The Morgan fingerprint density at radius 3 is 2.57 bits per heavy atom. The molecule has 0 unspecified atom stereocenters. The van der Waals surface area contributed by atoms with Crippen LogP contribution in [0.2, 0.25) is 0 Å². The van der Waals surface area contributed by atoms with E-state index in [1.54, 1.807) is 17.0 Å². The summed E-state index contributed by atoms with van der Waals surface area (Å²) in [4.78, 5) is 47.3. The fourth-order valence-electron chi connectivity index (χ4n) is 4.14. The van der Waals surface area contributed by atoms with Crippen molar-refractivity contribution in [2.75, 3.05) is 17.7 Å². The number of likely N-dealkylation sites (tertiary alicyclic amines) is 1. The van der Waals surface area contributed by atoms with Crippen LogP contribution in [0, 0.1) is 5.82 Å². The molecule has 3 aromatic rings. The Morgan fingerprint density at radius 1 is 1.17 bits per heavy atom. The summed E-state index contributed by atoms with van der Waals surface area (Å²) >= 11 is 0. The average Bonchev–Trinajstić information content (AvgIpc) is 3.20. The first-order valence-electron chi connectivity index (χ1n) is 10.9. The van der Waals surface area contributed by atoms with Gasteiger partial charge in [-0.3, -0.25) is 14.4 Å². The molecule has 2 aromatic heterocycles. The van der Waals surface area contributed by atoms with E-state index in [1.807, 2.05) is 0 Å². The Kier molecular flexibility index (Phi) is 6.58. The molecular formula is C24H24FN7O3. The number of nitrogens with one attached hydrogen (secondary N) is 1. The van der Waals surface area contributed by atoms with Crippen LogP contribution < -0.4 is 16.9 Å². The van der Waals surface area contributed by atoms with Crippen molar-refractivity contribution >= 4 is 23.5 Å². The van der Waals surface area contributed by atoms with Crippen LogP contribution in [0.1, 0.15) is 52.0 Å². The second-order valence-corrected chi connectivity index (χ2v) is 8.04. The van der Waals surface area contributed by atoms with Crippen LogP contribution >= 0.6 is 0 Å². The summed E-state index contributed by atoms with van der Waals surface area (Å²) in [5.74, 6) is 4.61. The molecule has 180 valence electrons. The number of anilines is 1. The lowest BCUT2D eigenvalue weighted by atomic mass is 10.0. The molecule has 5 N–H and O–H groups in total. The second kappa shape index (κ2) is 9.75. The molecule has 4 rings (SSSR count). The molecule has 0 aliphatic carbocycles. The third-order valence-corrected chi connectivity index (χ3v) is 5.81. The van der Waals surface area contributed by atoms with Crippen LogP contribution in [0.15, 0.2) is 55.3 Å². The van der Waals surface area contributed by atoms with Crippen molar-refractivity contribution in [3.8, 4) is 11.3 Å². The number of halogens is 1. The van der Waals surface area contributed by atoms with Crippen molar-refractivity contribution in [1.82, 2.24) is 19.5 Å². The lowest BCUT2D eigenvalue weighted by molar-refractivity contribution is -0.129. The molecular weight excluding hydrogens is 453 g/mol. The summed E-state index contributed by atoms with van der Waals surface area (Å²) < 4.78 is 14.5. The van der Waals surface area contributed by atoms with Crippen molar-refractivity contribution < 1.29 is 18.8 Å². The molecule has 35 heavy (non-hydrogen) atoms. The summed E-state index contributed by atoms with van der Waals surface area (Å²) in [5.41, 5.74) is 6.62. The first-order chi connectivity index (χ1) is 16.8. The van der Waals surface area contributed by atoms with Gasteiger partial charge in [0.05, 0.1) is 6.04 Å². The van der Waals surface area contributed by atoms with Gasteiger partial charge in [-0.25, -0.2) is 19.0 Å².